The van der Waals surface area contributed by atoms with Crippen LogP contribution in [0.4, 0.5) is 0 Å². The summed E-state index contributed by atoms with van der Waals surface area (Å²) >= 11 is 5.90. The summed E-state index contributed by atoms with van der Waals surface area (Å²) in [5.41, 5.74) is 2.38. The first-order chi connectivity index (χ1) is 14.5. The number of carboxylic acid groups (broad SMARTS) is 1. The van der Waals surface area contributed by atoms with Gasteiger partial charge in [0, 0.05) is 28.6 Å². The molecule has 0 aromatic heterocycles. The second-order valence-electron chi connectivity index (χ2n) is 7.98. The third-order valence-electron chi connectivity index (χ3n) is 6.01. The van der Waals surface area contributed by atoms with E-state index in [1.807, 2.05) is 48.6 Å². The lowest BCUT2D eigenvalue weighted by molar-refractivity contribution is -0.137. The maximum atomic E-state index is 10.8. The van der Waals surface area contributed by atoms with Gasteiger partial charge >= 0.3 is 5.97 Å². The van der Waals surface area contributed by atoms with Gasteiger partial charge in [-0.25, -0.2) is 0 Å². The smallest absolute Gasteiger partial charge is 0.304 e. The third kappa shape index (κ3) is 4.79. The van der Waals surface area contributed by atoms with E-state index in [-0.39, 0.29) is 11.8 Å². The molecule has 2 aliphatic rings. The Morgan fingerprint density at radius 2 is 1.97 bits per heavy atom. The highest BCUT2D eigenvalue weighted by Gasteiger charge is 2.43. The number of carboxylic acids is 1. The minimum Gasteiger partial charge on any atom is -0.492 e. The maximum absolute atomic E-state index is 10.8. The van der Waals surface area contributed by atoms with Crippen LogP contribution in [0.15, 0.2) is 48.5 Å². The Kier molecular flexibility index (Phi) is 6.30. The first kappa shape index (κ1) is 20.8. The Morgan fingerprint density at radius 3 is 2.70 bits per heavy atom. The molecule has 0 amide bonds. The Balaban J connectivity index is 1.32. The van der Waals surface area contributed by atoms with Crippen molar-refractivity contribution in [1.29, 1.82) is 0 Å². The molecule has 1 fully saturated rings. The van der Waals surface area contributed by atoms with Gasteiger partial charge in [-0.05, 0) is 55.8 Å². The van der Waals surface area contributed by atoms with Gasteiger partial charge in [0.15, 0.2) is 0 Å². The minimum atomic E-state index is -0.736. The lowest BCUT2D eigenvalue weighted by Gasteiger charge is -2.38. The molecule has 0 unspecified atom stereocenters. The van der Waals surface area contributed by atoms with Crippen molar-refractivity contribution < 1.29 is 19.4 Å². The van der Waals surface area contributed by atoms with Crippen LogP contribution in [0.25, 0.3) is 6.08 Å². The molecule has 6 heteroatoms. The van der Waals surface area contributed by atoms with Crippen molar-refractivity contribution in [2.45, 2.75) is 24.7 Å². The predicted octanol–water partition coefficient (Wildman–Crippen LogP) is 4.63. The van der Waals surface area contributed by atoms with Crippen molar-refractivity contribution >= 4 is 23.6 Å². The van der Waals surface area contributed by atoms with Gasteiger partial charge in [0.1, 0.15) is 18.1 Å². The lowest BCUT2D eigenvalue weighted by atomic mass is 9.74. The second kappa shape index (κ2) is 9.11. The summed E-state index contributed by atoms with van der Waals surface area (Å²) in [6, 6.07) is 13.8. The molecule has 0 atom stereocenters. The molecular weight excluding hydrogens is 402 g/mol. The van der Waals surface area contributed by atoms with E-state index in [1.165, 1.54) is 5.56 Å². The third-order valence-corrected chi connectivity index (χ3v) is 6.26. The van der Waals surface area contributed by atoms with Gasteiger partial charge in [-0.15, -0.1) is 0 Å². The molecule has 158 valence electrons. The van der Waals surface area contributed by atoms with Crippen molar-refractivity contribution in [2.75, 3.05) is 32.8 Å². The normalized spacial score (nSPS) is 17.8. The molecule has 0 saturated carbocycles. The van der Waals surface area contributed by atoms with Crippen LogP contribution in [-0.4, -0.2) is 48.8 Å². The van der Waals surface area contributed by atoms with Gasteiger partial charge in [0.2, 0.25) is 0 Å². The standard InChI is InChI=1S/C24H26ClNO4/c25-19-5-3-18(4-6-19)2-1-15-29-20-7-8-21-22(16-20)30-17-24(21)10-13-26(14-11-24)12-9-23(27)28/h1-8,16H,9-15,17H2,(H,27,28). The van der Waals surface area contributed by atoms with E-state index in [4.69, 9.17) is 26.2 Å². The van der Waals surface area contributed by atoms with E-state index in [0.717, 1.165) is 48.0 Å². The number of nitrogens with zero attached hydrogens (tertiary/aromatic N) is 1. The Hall–Kier alpha value is -2.50. The summed E-state index contributed by atoms with van der Waals surface area (Å²) in [5, 5.41) is 9.61. The lowest BCUT2D eigenvalue weighted by Crippen LogP contribution is -2.44. The average molecular weight is 428 g/mol. The van der Waals surface area contributed by atoms with E-state index in [2.05, 4.69) is 11.0 Å². The van der Waals surface area contributed by atoms with Crippen LogP contribution in [0.1, 0.15) is 30.4 Å². The first-order valence-corrected chi connectivity index (χ1v) is 10.7. The monoisotopic (exact) mass is 427 g/mol. The SMILES string of the molecule is O=C(O)CCN1CCC2(CC1)COc1cc(OCC=Cc3ccc(Cl)cc3)ccc12. The topological polar surface area (TPSA) is 59.0 Å². The quantitative estimate of drug-likeness (QED) is 0.697. The van der Waals surface area contributed by atoms with Gasteiger partial charge in [0.25, 0.3) is 0 Å². The highest BCUT2D eigenvalue weighted by molar-refractivity contribution is 6.30. The van der Waals surface area contributed by atoms with E-state index in [1.54, 1.807) is 0 Å². The molecule has 1 N–H and O–H groups in total. The predicted molar refractivity (Wildman–Crippen MR) is 118 cm³/mol. The molecule has 2 heterocycles. The number of piperidine rings is 1. The number of likely N-dealkylation sites (tertiary alicyclic amines) is 1. The number of aliphatic carboxylic acids is 1. The summed E-state index contributed by atoms with van der Waals surface area (Å²) in [5.74, 6) is 0.971. The summed E-state index contributed by atoms with van der Waals surface area (Å²) in [4.78, 5) is 13.0. The van der Waals surface area contributed by atoms with E-state index < -0.39 is 5.97 Å². The number of fused-ring (bicyclic) bond motifs is 2. The van der Waals surface area contributed by atoms with Crippen LogP contribution in [0, 0.1) is 0 Å². The molecule has 2 aliphatic heterocycles. The van der Waals surface area contributed by atoms with Crippen LogP contribution in [-0.2, 0) is 10.2 Å². The number of hydrogen-bond acceptors (Lipinski definition) is 4. The molecule has 0 aliphatic carbocycles. The molecule has 4 rings (SSSR count). The summed E-state index contributed by atoms with van der Waals surface area (Å²) < 4.78 is 11.9. The molecule has 2 aromatic carbocycles. The molecule has 1 saturated heterocycles. The van der Waals surface area contributed by atoms with E-state index in [0.29, 0.717) is 19.8 Å². The summed E-state index contributed by atoms with van der Waals surface area (Å²) in [6.45, 7) is 3.60. The van der Waals surface area contributed by atoms with Crippen molar-refractivity contribution in [3.63, 3.8) is 0 Å². The Morgan fingerprint density at radius 1 is 1.20 bits per heavy atom. The number of hydrogen-bond donors (Lipinski definition) is 1. The van der Waals surface area contributed by atoms with Gasteiger partial charge in [-0.2, -0.15) is 0 Å². The summed E-state index contributed by atoms with van der Waals surface area (Å²) in [7, 11) is 0. The largest absolute Gasteiger partial charge is 0.492 e. The van der Waals surface area contributed by atoms with Crippen molar-refractivity contribution in [3.05, 3.63) is 64.7 Å². The molecule has 2 aromatic rings. The van der Waals surface area contributed by atoms with Crippen LogP contribution in [0.5, 0.6) is 11.5 Å². The molecule has 1 spiro atoms. The van der Waals surface area contributed by atoms with Crippen LogP contribution >= 0.6 is 11.6 Å². The van der Waals surface area contributed by atoms with Crippen LogP contribution < -0.4 is 9.47 Å². The number of halogens is 1. The fourth-order valence-corrected chi connectivity index (χ4v) is 4.34. The highest BCUT2D eigenvalue weighted by atomic mass is 35.5. The first-order valence-electron chi connectivity index (χ1n) is 10.3. The zero-order chi connectivity index (χ0) is 21.0. The average Bonchev–Trinajstić information content (AvgIpc) is 3.09. The Labute approximate surface area is 181 Å². The molecular formula is C24H26ClNO4. The van der Waals surface area contributed by atoms with Gasteiger partial charge in [-0.3, -0.25) is 4.79 Å². The second-order valence-corrected chi connectivity index (χ2v) is 8.41. The zero-order valence-electron chi connectivity index (χ0n) is 16.9. The van der Waals surface area contributed by atoms with E-state index in [9.17, 15) is 4.79 Å². The minimum absolute atomic E-state index is 0.0437. The zero-order valence-corrected chi connectivity index (χ0v) is 17.6. The van der Waals surface area contributed by atoms with Gasteiger partial charge in [0.05, 0.1) is 13.0 Å². The fraction of sp³-hybridized carbons (Fsp3) is 0.375. The number of ether oxygens (including phenoxy) is 2. The fourth-order valence-electron chi connectivity index (χ4n) is 4.22. The van der Waals surface area contributed by atoms with Crippen molar-refractivity contribution in [3.8, 4) is 11.5 Å². The maximum Gasteiger partial charge on any atom is 0.304 e. The highest BCUT2D eigenvalue weighted by Crippen LogP contribution is 2.46. The molecule has 5 nitrogen and oxygen atoms in total. The van der Waals surface area contributed by atoms with Crippen molar-refractivity contribution in [2.24, 2.45) is 0 Å². The number of benzene rings is 2. The van der Waals surface area contributed by atoms with Crippen LogP contribution in [0.3, 0.4) is 0 Å². The van der Waals surface area contributed by atoms with Crippen molar-refractivity contribution in [1.82, 2.24) is 4.90 Å². The number of rotatable bonds is 7. The number of carbonyl (C=O) groups is 1. The Bertz CT molecular complexity index is 917. The van der Waals surface area contributed by atoms with E-state index >= 15 is 0 Å². The molecule has 0 bridgehead atoms. The van der Waals surface area contributed by atoms with Crippen LogP contribution in [0.2, 0.25) is 5.02 Å². The van der Waals surface area contributed by atoms with Gasteiger partial charge < -0.3 is 19.5 Å². The summed E-state index contributed by atoms with van der Waals surface area (Å²) in [6.07, 6.45) is 6.17. The molecule has 30 heavy (non-hydrogen) atoms. The molecule has 0 radical (unpaired) electrons. The van der Waals surface area contributed by atoms with Gasteiger partial charge in [-0.1, -0.05) is 35.9 Å².